The number of benzene rings is 1. The number of hydrogen-bond acceptors (Lipinski definition) is 4. The summed E-state index contributed by atoms with van der Waals surface area (Å²) >= 11 is 0. The van der Waals surface area contributed by atoms with Gasteiger partial charge in [-0.25, -0.2) is 9.37 Å². The molecule has 3 aromatic rings. The van der Waals surface area contributed by atoms with Crippen LogP contribution in [0.4, 0.5) is 4.39 Å². The molecule has 0 saturated carbocycles. The number of amides is 1. The number of nitrogens with zero attached hydrogens (tertiary/aromatic N) is 4. The second-order valence-electron chi connectivity index (χ2n) is 7.30. The Bertz CT molecular complexity index is 966. The average Bonchev–Trinajstić information content (AvgIpc) is 3.46. The van der Waals surface area contributed by atoms with Crippen molar-refractivity contribution in [3.8, 4) is 5.75 Å². The fourth-order valence-electron chi connectivity index (χ4n) is 3.60. The number of nitrogens with one attached hydrogen (secondary N) is 1. The van der Waals surface area contributed by atoms with Crippen molar-refractivity contribution in [1.82, 2.24) is 24.6 Å². The number of hydrogen-bond donors (Lipinski definition) is 1. The van der Waals surface area contributed by atoms with E-state index in [0.29, 0.717) is 31.9 Å². The van der Waals surface area contributed by atoms with Gasteiger partial charge in [-0.15, -0.1) is 0 Å². The van der Waals surface area contributed by atoms with E-state index in [1.807, 2.05) is 28.7 Å². The third-order valence-electron chi connectivity index (χ3n) is 5.31. The fourth-order valence-corrected chi connectivity index (χ4v) is 3.60. The predicted molar refractivity (Wildman–Crippen MR) is 105 cm³/mol. The second-order valence-corrected chi connectivity index (χ2v) is 7.30. The van der Waals surface area contributed by atoms with Crippen LogP contribution in [0.2, 0.25) is 0 Å². The summed E-state index contributed by atoms with van der Waals surface area (Å²) in [5.74, 6) is 1.62. The Kier molecular flexibility index (Phi) is 5.59. The van der Waals surface area contributed by atoms with Gasteiger partial charge in [0, 0.05) is 44.4 Å². The Morgan fingerprint density at radius 1 is 1.34 bits per heavy atom. The maximum absolute atomic E-state index is 12.9. The van der Waals surface area contributed by atoms with Gasteiger partial charge in [0.1, 0.15) is 24.0 Å². The van der Waals surface area contributed by atoms with Gasteiger partial charge in [-0.05, 0) is 43.7 Å². The zero-order valence-corrected chi connectivity index (χ0v) is 16.3. The highest BCUT2D eigenvalue weighted by Gasteiger charge is 2.28. The molecule has 8 heteroatoms. The van der Waals surface area contributed by atoms with Crippen molar-refractivity contribution >= 4 is 5.91 Å². The van der Waals surface area contributed by atoms with Gasteiger partial charge in [0.2, 0.25) is 5.91 Å². The number of rotatable bonds is 7. The van der Waals surface area contributed by atoms with Crippen LogP contribution in [0.1, 0.15) is 36.0 Å². The Morgan fingerprint density at radius 3 is 2.93 bits per heavy atom. The number of ether oxygens (including phenoxy) is 1. The first kappa shape index (κ1) is 19.2. The molecule has 1 aromatic carbocycles. The summed E-state index contributed by atoms with van der Waals surface area (Å²) in [6, 6.07) is 7.91. The summed E-state index contributed by atoms with van der Waals surface area (Å²) in [5.41, 5.74) is 1.80. The van der Waals surface area contributed by atoms with Crippen molar-refractivity contribution in [2.24, 2.45) is 0 Å². The number of likely N-dealkylation sites (tertiary alicyclic amines) is 1. The van der Waals surface area contributed by atoms with E-state index in [4.69, 9.17) is 4.74 Å². The van der Waals surface area contributed by atoms with Gasteiger partial charge in [0.05, 0.1) is 11.4 Å². The summed E-state index contributed by atoms with van der Waals surface area (Å²) in [6.07, 6.45) is 5.02. The first-order valence-electron chi connectivity index (χ1n) is 9.76. The van der Waals surface area contributed by atoms with E-state index in [9.17, 15) is 9.18 Å². The summed E-state index contributed by atoms with van der Waals surface area (Å²) in [5, 5.41) is 7.40. The molecule has 0 aliphatic carbocycles. The highest BCUT2D eigenvalue weighted by molar-refractivity contribution is 5.76. The SMILES string of the molecule is Cc1nccn1CCC(=O)N1CC[C@@H](c2cc(COc3ccc(F)cc3)[nH]n2)C1. The predicted octanol–water partition coefficient (Wildman–Crippen LogP) is 3.04. The lowest BCUT2D eigenvalue weighted by molar-refractivity contribution is -0.130. The number of H-pyrrole nitrogens is 1. The van der Waals surface area contributed by atoms with Crippen molar-refractivity contribution < 1.29 is 13.9 Å². The van der Waals surface area contributed by atoms with E-state index in [-0.39, 0.29) is 17.6 Å². The smallest absolute Gasteiger partial charge is 0.224 e. The van der Waals surface area contributed by atoms with Crippen LogP contribution in [0.15, 0.2) is 42.7 Å². The number of carbonyl (C=O) groups excluding carboxylic acids is 1. The number of carbonyl (C=O) groups is 1. The first-order valence-corrected chi connectivity index (χ1v) is 9.76. The van der Waals surface area contributed by atoms with Gasteiger partial charge in [-0.3, -0.25) is 9.89 Å². The molecule has 1 saturated heterocycles. The number of aromatic amines is 1. The minimum Gasteiger partial charge on any atom is -0.487 e. The molecule has 7 nitrogen and oxygen atoms in total. The standard InChI is InChI=1S/C21H24FN5O2/c1-15-23-8-11-26(15)10-7-21(28)27-9-6-16(13-27)20-12-18(24-25-20)14-29-19-4-2-17(22)3-5-19/h2-5,8,11-12,16H,6-7,9-10,13-14H2,1H3,(H,24,25)/t16-/m1/s1. The Labute approximate surface area is 168 Å². The topological polar surface area (TPSA) is 76.0 Å². The van der Waals surface area contributed by atoms with E-state index in [1.165, 1.54) is 12.1 Å². The van der Waals surface area contributed by atoms with E-state index < -0.39 is 0 Å². The summed E-state index contributed by atoms with van der Waals surface area (Å²) in [6.45, 7) is 4.36. The Morgan fingerprint density at radius 2 is 2.17 bits per heavy atom. The molecular formula is C21H24FN5O2. The van der Waals surface area contributed by atoms with Crippen LogP contribution in [-0.2, 0) is 17.9 Å². The monoisotopic (exact) mass is 397 g/mol. The maximum atomic E-state index is 12.9. The lowest BCUT2D eigenvalue weighted by atomic mass is 10.1. The van der Waals surface area contributed by atoms with Crippen molar-refractivity contribution in [3.05, 3.63) is 65.8 Å². The van der Waals surface area contributed by atoms with E-state index in [1.54, 1.807) is 18.3 Å². The van der Waals surface area contributed by atoms with Crippen LogP contribution < -0.4 is 4.74 Å². The molecule has 3 heterocycles. The van der Waals surface area contributed by atoms with E-state index in [0.717, 1.165) is 30.2 Å². The van der Waals surface area contributed by atoms with Crippen molar-refractivity contribution in [2.75, 3.05) is 13.1 Å². The maximum Gasteiger partial charge on any atom is 0.224 e. The van der Waals surface area contributed by atoms with Gasteiger partial charge in [-0.2, -0.15) is 5.10 Å². The molecule has 0 spiro atoms. The average molecular weight is 397 g/mol. The van der Waals surface area contributed by atoms with Gasteiger partial charge in [-0.1, -0.05) is 0 Å². The molecule has 1 fully saturated rings. The Hall–Kier alpha value is -3.16. The summed E-state index contributed by atoms with van der Waals surface area (Å²) in [4.78, 5) is 18.6. The zero-order valence-electron chi connectivity index (χ0n) is 16.3. The van der Waals surface area contributed by atoms with E-state index >= 15 is 0 Å². The van der Waals surface area contributed by atoms with Crippen LogP contribution in [0.25, 0.3) is 0 Å². The van der Waals surface area contributed by atoms with Crippen LogP contribution in [0.3, 0.4) is 0 Å². The van der Waals surface area contributed by atoms with Crippen LogP contribution in [0, 0.1) is 12.7 Å². The highest BCUT2D eigenvalue weighted by Crippen LogP contribution is 2.27. The zero-order chi connectivity index (χ0) is 20.2. The highest BCUT2D eigenvalue weighted by atomic mass is 19.1. The molecule has 1 atom stereocenters. The van der Waals surface area contributed by atoms with E-state index in [2.05, 4.69) is 15.2 Å². The molecule has 1 amide bonds. The molecule has 0 bridgehead atoms. The van der Waals surface area contributed by atoms with Crippen LogP contribution in [0.5, 0.6) is 5.75 Å². The minimum absolute atomic E-state index is 0.163. The van der Waals surface area contributed by atoms with Gasteiger partial charge in [0.25, 0.3) is 0 Å². The van der Waals surface area contributed by atoms with Crippen molar-refractivity contribution in [1.29, 1.82) is 0 Å². The number of halogens is 1. The molecule has 29 heavy (non-hydrogen) atoms. The van der Waals surface area contributed by atoms with Crippen LogP contribution in [-0.4, -0.2) is 43.6 Å². The first-order chi connectivity index (χ1) is 14.1. The third-order valence-corrected chi connectivity index (χ3v) is 5.31. The molecule has 2 aromatic heterocycles. The van der Waals surface area contributed by atoms with Crippen LogP contribution >= 0.6 is 0 Å². The molecule has 1 aliphatic heterocycles. The number of aromatic nitrogens is 4. The molecular weight excluding hydrogens is 373 g/mol. The molecule has 0 unspecified atom stereocenters. The van der Waals surface area contributed by atoms with Crippen molar-refractivity contribution in [3.63, 3.8) is 0 Å². The molecule has 1 aliphatic rings. The Balaban J connectivity index is 1.27. The van der Waals surface area contributed by atoms with Gasteiger partial charge in [0.15, 0.2) is 0 Å². The summed E-state index contributed by atoms with van der Waals surface area (Å²) < 4.78 is 20.6. The largest absolute Gasteiger partial charge is 0.487 e. The lowest BCUT2D eigenvalue weighted by Gasteiger charge is -2.16. The molecule has 4 rings (SSSR count). The number of aryl methyl sites for hydroxylation is 2. The van der Waals surface area contributed by atoms with Crippen molar-refractivity contribution in [2.45, 2.75) is 38.8 Å². The lowest BCUT2D eigenvalue weighted by Crippen LogP contribution is -2.29. The third kappa shape index (κ3) is 4.64. The molecule has 0 radical (unpaired) electrons. The fraction of sp³-hybridized carbons (Fsp3) is 0.381. The summed E-state index contributed by atoms with van der Waals surface area (Å²) in [7, 11) is 0. The quantitative estimate of drug-likeness (QED) is 0.665. The second kappa shape index (κ2) is 8.46. The van der Waals surface area contributed by atoms with Gasteiger partial charge >= 0.3 is 0 Å². The molecule has 152 valence electrons. The number of imidazole rings is 1. The minimum atomic E-state index is -0.290. The molecule has 1 N–H and O–H groups in total. The van der Waals surface area contributed by atoms with Gasteiger partial charge < -0.3 is 14.2 Å². The normalized spacial score (nSPS) is 16.3.